The van der Waals surface area contributed by atoms with Crippen molar-refractivity contribution in [2.75, 3.05) is 35.6 Å². The van der Waals surface area contributed by atoms with Gasteiger partial charge in [-0.2, -0.15) is 0 Å². The van der Waals surface area contributed by atoms with Crippen molar-refractivity contribution in [2.45, 2.75) is 26.2 Å². The van der Waals surface area contributed by atoms with Crippen LogP contribution in [0.1, 0.15) is 36.5 Å². The first-order valence-corrected chi connectivity index (χ1v) is 10.1. The molecule has 0 bridgehead atoms. The van der Waals surface area contributed by atoms with Gasteiger partial charge >= 0.3 is 5.97 Å². The molecule has 3 rings (SSSR count). The normalized spacial score (nSPS) is 14.5. The molecule has 0 atom stereocenters. The van der Waals surface area contributed by atoms with Crippen molar-refractivity contribution in [1.82, 2.24) is 4.98 Å². The third kappa shape index (κ3) is 5.60. The highest BCUT2D eigenvalue weighted by Crippen LogP contribution is 2.31. The molecular weight excluding hydrogens is 392 g/mol. The van der Waals surface area contributed by atoms with Crippen molar-refractivity contribution in [3.8, 4) is 0 Å². The molecule has 154 valence electrons. The number of pyridine rings is 1. The molecule has 29 heavy (non-hydrogen) atoms. The number of aromatic nitrogens is 1. The number of amides is 1. The highest BCUT2D eigenvalue weighted by Gasteiger charge is 2.25. The first-order chi connectivity index (χ1) is 14.0. The Morgan fingerprint density at radius 3 is 2.76 bits per heavy atom. The average molecular weight is 417 g/mol. The molecule has 1 aliphatic rings. The van der Waals surface area contributed by atoms with E-state index in [1.165, 1.54) is 0 Å². The zero-order chi connectivity index (χ0) is 20.8. The molecule has 0 saturated carbocycles. The summed E-state index contributed by atoms with van der Waals surface area (Å²) in [7, 11) is 0. The Morgan fingerprint density at radius 1 is 1.31 bits per heavy atom. The van der Waals surface area contributed by atoms with Gasteiger partial charge in [0.2, 0.25) is 0 Å². The van der Waals surface area contributed by atoms with Gasteiger partial charge in [-0.25, -0.2) is 4.98 Å². The fourth-order valence-electron chi connectivity index (χ4n) is 3.45. The molecule has 3 N–H and O–H groups in total. The number of esters is 1. The molecule has 7 nitrogen and oxygen atoms in total. The fraction of sp³-hybridized carbons (Fsp3) is 0.381. The van der Waals surface area contributed by atoms with E-state index in [1.807, 2.05) is 6.92 Å². The van der Waals surface area contributed by atoms with E-state index in [4.69, 9.17) is 22.1 Å². The lowest BCUT2D eigenvalue weighted by Gasteiger charge is -2.33. The smallest absolute Gasteiger partial charge is 0.306 e. The molecule has 0 spiro atoms. The topological polar surface area (TPSA) is 97.6 Å². The molecule has 1 aliphatic heterocycles. The molecule has 1 aromatic heterocycles. The first kappa shape index (κ1) is 20.9. The monoisotopic (exact) mass is 416 g/mol. The Kier molecular flexibility index (Phi) is 6.93. The molecular formula is C21H25ClN4O3. The van der Waals surface area contributed by atoms with Crippen LogP contribution in [0, 0.1) is 5.92 Å². The second kappa shape index (κ2) is 9.60. The number of rotatable bonds is 6. The quantitative estimate of drug-likeness (QED) is 0.696. The van der Waals surface area contributed by atoms with Crippen molar-refractivity contribution in [2.24, 2.45) is 5.92 Å². The summed E-state index contributed by atoms with van der Waals surface area (Å²) in [4.78, 5) is 30.9. The summed E-state index contributed by atoms with van der Waals surface area (Å²) in [6.07, 6.45) is 3.73. The maximum Gasteiger partial charge on any atom is 0.306 e. The van der Waals surface area contributed by atoms with E-state index in [2.05, 4.69) is 15.2 Å². The second-order valence-electron chi connectivity index (χ2n) is 7.04. The lowest BCUT2D eigenvalue weighted by Crippen LogP contribution is -2.35. The molecule has 0 radical (unpaired) electrons. The van der Waals surface area contributed by atoms with Crippen LogP contribution >= 0.6 is 11.6 Å². The predicted molar refractivity (Wildman–Crippen MR) is 114 cm³/mol. The Labute approximate surface area is 175 Å². The molecule has 2 heterocycles. The maximum atomic E-state index is 12.6. The zero-order valence-electron chi connectivity index (χ0n) is 16.4. The van der Waals surface area contributed by atoms with Crippen LogP contribution in [0.3, 0.4) is 0 Å². The number of nitrogen functional groups attached to an aromatic ring is 1. The fourth-order valence-corrected chi connectivity index (χ4v) is 3.64. The third-order valence-corrected chi connectivity index (χ3v) is 5.13. The largest absolute Gasteiger partial charge is 0.466 e. The van der Waals surface area contributed by atoms with Crippen molar-refractivity contribution >= 4 is 40.7 Å². The van der Waals surface area contributed by atoms with E-state index >= 15 is 0 Å². The Balaban J connectivity index is 1.69. The third-order valence-electron chi connectivity index (χ3n) is 4.90. The van der Waals surface area contributed by atoms with Crippen molar-refractivity contribution < 1.29 is 14.3 Å². The number of ether oxygens (including phenoxy) is 1. The minimum absolute atomic E-state index is 0.147. The van der Waals surface area contributed by atoms with E-state index in [0.29, 0.717) is 46.7 Å². The molecule has 1 aromatic carbocycles. The molecule has 1 fully saturated rings. The highest BCUT2D eigenvalue weighted by molar-refractivity contribution is 6.31. The summed E-state index contributed by atoms with van der Waals surface area (Å²) in [6.45, 7) is 3.69. The number of hydrogen-bond acceptors (Lipinski definition) is 6. The minimum Gasteiger partial charge on any atom is -0.466 e. The van der Waals surface area contributed by atoms with Gasteiger partial charge in [0, 0.05) is 30.1 Å². The van der Waals surface area contributed by atoms with Crippen LogP contribution in [-0.4, -0.2) is 36.6 Å². The SMILES string of the molecule is CCOC(=O)CC1CCN(c2ncc(N)cc2NC(=O)c2cccc(Cl)c2)CC1. The number of halogens is 1. The van der Waals surface area contributed by atoms with Crippen LogP contribution < -0.4 is 16.0 Å². The number of hydrogen-bond donors (Lipinski definition) is 2. The van der Waals surface area contributed by atoms with E-state index in [0.717, 1.165) is 25.9 Å². The number of piperidine rings is 1. The Morgan fingerprint density at radius 2 is 2.07 bits per heavy atom. The van der Waals surface area contributed by atoms with Gasteiger partial charge in [-0.15, -0.1) is 0 Å². The summed E-state index contributed by atoms with van der Waals surface area (Å²) in [5.74, 6) is 0.539. The van der Waals surface area contributed by atoms with E-state index < -0.39 is 0 Å². The van der Waals surface area contributed by atoms with E-state index in [9.17, 15) is 9.59 Å². The van der Waals surface area contributed by atoms with Gasteiger partial charge < -0.3 is 20.7 Å². The Bertz CT molecular complexity index is 882. The Hall–Kier alpha value is -2.80. The molecule has 0 aliphatic carbocycles. The van der Waals surface area contributed by atoms with E-state index in [1.54, 1.807) is 36.5 Å². The summed E-state index contributed by atoms with van der Waals surface area (Å²) in [5.41, 5.74) is 7.37. The molecule has 2 aromatic rings. The van der Waals surface area contributed by atoms with Gasteiger partial charge in [0.1, 0.15) is 0 Å². The standard InChI is InChI=1S/C21H25ClN4O3/c1-2-29-19(27)10-14-6-8-26(9-7-14)20-18(12-17(23)13-24-20)25-21(28)15-4-3-5-16(22)11-15/h3-5,11-14H,2,6-10,23H2,1H3,(H,25,28). The van der Waals surface area contributed by atoms with Gasteiger partial charge in [0.25, 0.3) is 5.91 Å². The minimum atomic E-state index is -0.279. The number of anilines is 3. The van der Waals surface area contributed by atoms with Crippen LogP contribution in [0.15, 0.2) is 36.5 Å². The van der Waals surface area contributed by atoms with Gasteiger partial charge in [-0.05, 0) is 49.9 Å². The summed E-state index contributed by atoms with van der Waals surface area (Å²) >= 11 is 5.99. The summed E-state index contributed by atoms with van der Waals surface area (Å²) < 4.78 is 5.05. The van der Waals surface area contributed by atoms with Crippen LogP contribution in [0.4, 0.5) is 17.2 Å². The van der Waals surface area contributed by atoms with Crippen LogP contribution in [0.25, 0.3) is 0 Å². The number of carbonyl (C=O) groups excluding carboxylic acids is 2. The maximum absolute atomic E-state index is 12.6. The van der Waals surface area contributed by atoms with Gasteiger partial charge in [0.05, 0.1) is 24.2 Å². The van der Waals surface area contributed by atoms with Crippen molar-refractivity contribution in [3.05, 3.63) is 47.1 Å². The number of nitrogens with two attached hydrogens (primary N) is 1. The van der Waals surface area contributed by atoms with Crippen molar-refractivity contribution in [1.29, 1.82) is 0 Å². The van der Waals surface area contributed by atoms with Crippen molar-refractivity contribution in [3.63, 3.8) is 0 Å². The number of benzene rings is 1. The molecule has 1 amide bonds. The van der Waals surface area contributed by atoms with E-state index in [-0.39, 0.29) is 11.9 Å². The van der Waals surface area contributed by atoms with Crippen LogP contribution in [-0.2, 0) is 9.53 Å². The highest BCUT2D eigenvalue weighted by atomic mass is 35.5. The second-order valence-corrected chi connectivity index (χ2v) is 7.48. The molecule has 0 unspecified atom stereocenters. The molecule has 8 heteroatoms. The average Bonchev–Trinajstić information content (AvgIpc) is 2.69. The van der Waals surface area contributed by atoms with Crippen LogP contribution in [0.2, 0.25) is 5.02 Å². The zero-order valence-corrected chi connectivity index (χ0v) is 17.1. The number of carbonyl (C=O) groups is 2. The lowest BCUT2D eigenvalue weighted by atomic mass is 9.93. The number of nitrogens with zero attached hydrogens (tertiary/aromatic N) is 2. The summed E-state index contributed by atoms with van der Waals surface area (Å²) in [6, 6.07) is 8.45. The lowest BCUT2D eigenvalue weighted by molar-refractivity contribution is -0.144. The molecule has 1 saturated heterocycles. The first-order valence-electron chi connectivity index (χ1n) is 9.69. The number of nitrogens with one attached hydrogen (secondary N) is 1. The van der Waals surface area contributed by atoms with Gasteiger partial charge in [0.15, 0.2) is 5.82 Å². The predicted octanol–water partition coefficient (Wildman–Crippen LogP) is 3.74. The summed E-state index contributed by atoms with van der Waals surface area (Å²) in [5, 5.41) is 3.39. The van der Waals surface area contributed by atoms with Crippen LogP contribution in [0.5, 0.6) is 0 Å². The van der Waals surface area contributed by atoms with Gasteiger partial charge in [-0.3, -0.25) is 9.59 Å². The van der Waals surface area contributed by atoms with Gasteiger partial charge in [-0.1, -0.05) is 17.7 Å².